The lowest BCUT2D eigenvalue weighted by molar-refractivity contribution is -0.120. The summed E-state index contributed by atoms with van der Waals surface area (Å²) in [4.78, 5) is 30.0. The number of hydrogen-bond donors (Lipinski definition) is 1. The van der Waals surface area contributed by atoms with Gasteiger partial charge in [-0.3, -0.25) is 14.2 Å². The van der Waals surface area contributed by atoms with Crippen LogP contribution in [0, 0.1) is 5.92 Å². The summed E-state index contributed by atoms with van der Waals surface area (Å²) in [7, 11) is 1.58. The number of benzene rings is 2. The molecule has 1 unspecified atom stereocenters. The Morgan fingerprint density at radius 2 is 1.81 bits per heavy atom. The highest BCUT2D eigenvalue weighted by Crippen LogP contribution is 2.21. The van der Waals surface area contributed by atoms with Crippen molar-refractivity contribution in [3.8, 4) is 5.75 Å². The van der Waals surface area contributed by atoms with Gasteiger partial charge >= 0.3 is 0 Å². The number of fused-ring (bicyclic) bond motifs is 1. The summed E-state index contributed by atoms with van der Waals surface area (Å²) >= 11 is 0. The fourth-order valence-corrected chi connectivity index (χ4v) is 2.92. The summed E-state index contributed by atoms with van der Waals surface area (Å²) in [5.74, 6) is 0.358. The van der Waals surface area contributed by atoms with Gasteiger partial charge in [0.2, 0.25) is 5.91 Å². The second-order valence-corrected chi connectivity index (χ2v) is 6.38. The maximum atomic E-state index is 12.9. The minimum atomic E-state index is -0.665. The first kappa shape index (κ1) is 17.7. The van der Waals surface area contributed by atoms with Crippen molar-refractivity contribution in [1.82, 2.24) is 9.55 Å². The summed E-state index contributed by atoms with van der Waals surface area (Å²) in [5.41, 5.74) is 1.04. The van der Waals surface area contributed by atoms with Gasteiger partial charge < -0.3 is 10.1 Å². The molecule has 26 heavy (non-hydrogen) atoms. The van der Waals surface area contributed by atoms with E-state index in [-0.39, 0.29) is 17.4 Å². The number of nitrogens with zero attached hydrogens (tertiary/aromatic N) is 2. The Bertz CT molecular complexity index is 978. The molecule has 1 atom stereocenters. The second-order valence-electron chi connectivity index (χ2n) is 6.38. The van der Waals surface area contributed by atoms with Gasteiger partial charge in [-0.15, -0.1) is 0 Å². The third-order valence-electron chi connectivity index (χ3n) is 4.25. The van der Waals surface area contributed by atoms with E-state index >= 15 is 0 Å². The molecule has 0 saturated heterocycles. The summed E-state index contributed by atoms with van der Waals surface area (Å²) in [6.07, 6.45) is 1.45. The number of carbonyl (C=O) groups is 1. The number of para-hydroxylation sites is 1. The second kappa shape index (κ2) is 7.39. The number of hydrogen-bond acceptors (Lipinski definition) is 4. The summed E-state index contributed by atoms with van der Waals surface area (Å²) in [5, 5.41) is 3.36. The fraction of sp³-hybridized carbons (Fsp3) is 0.250. The molecule has 1 N–H and O–H groups in total. The van der Waals surface area contributed by atoms with Crippen LogP contribution in [0.2, 0.25) is 0 Å². The smallest absolute Gasteiger partial charge is 0.261 e. The molecular weight excluding hydrogens is 330 g/mol. The van der Waals surface area contributed by atoms with Gasteiger partial charge in [0.1, 0.15) is 11.8 Å². The Labute approximate surface area is 151 Å². The number of ether oxygens (including phenoxy) is 1. The van der Waals surface area contributed by atoms with Crippen LogP contribution >= 0.6 is 0 Å². The van der Waals surface area contributed by atoms with Crippen LogP contribution in [0.4, 0.5) is 5.69 Å². The summed E-state index contributed by atoms with van der Waals surface area (Å²) in [6.45, 7) is 3.81. The van der Waals surface area contributed by atoms with Gasteiger partial charge in [0.05, 0.1) is 24.3 Å². The molecule has 0 saturated carbocycles. The highest BCUT2D eigenvalue weighted by molar-refractivity contribution is 5.94. The van der Waals surface area contributed by atoms with Crippen LogP contribution in [0.5, 0.6) is 5.75 Å². The van der Waals surface area contributed by atoms with E-state index in [0.29, 0.717) is 22.3 Å². The molecule has 0 aliphatic rings. The lowest BCUT2D eigenvalue weighted by Gasteiger charge is -2.22. The molecule has 3 aromatic rings. The van der Waals surface area contributed by atoms with Gasteiger partial charge in [0, 0.05) is 5.69 Å². The van der Waals surface area contributed by atoms with Crippen LogP contribution < -0.4 is 15.6 Å². The van der Waals surface area contributed by atoms with Gasteiger partial charge in [0.15, 0.2) is 0 Å². The summed E-state index contributed by atoms with van der Waals surface area (Å²) < 4.78 is 6.53. The quantitative estimate of drug-likeness (QED) is 0.766. The lowest BCUT2D eigenvalue weighted by Crippen LogP contribution is -2.36. The van der Waals surface area contributed by atoms with Crippen molar-refractivity contribution in [2.45, 2.75) is 19.9 Å². The fourth-order valence-electron chi connectivity index (χ4n) is 2.92. The molecule has 1 heterocycles. The van der Waals surface area contributed by atoms with Crippen molar-refractivity contribution in [2.24, 2.45) is 5.92 Å². The zero-order valence-electron chi connectivity index (χ0n) is 15.0. The molecule has 6 nitrogen and oxygen atoms in total. The summed E-state index contributed by atoms with van der Waals surface area (Å²) in [6, 6.07) is 13.5. The monoisotopic (exact) mass is 351 g/mol. The van der Waals surface area contributed by atoms with E-state index < -0.39 is 6.04 Å². The first-order valence-electron chi connectivity index (χ1n) is 8.42. The van der Waals surface area contributed by atoms with E-state index in [1.165, 1.54) is 10.9 Å². The van der Waals surface area contributed by atoms with Gasteiger partial charge in [0.25, 0.3) is 5.56 Å². The van der Waals surface area contributed by atoms with E-state index in [4.69, 9.17) is 4.74 Å². The maximum Gasteiger partial charge on any atom is 0.261 e. The first-order chi connectivity index (χ1) is 12.5. The number of amides is 1. The minimum Gasteiger partial charge on any atom is -0.497 e. The molecule has 0 aliphatic carbocycles. The number of nitrogens with one attached hydrogen (secondary N) is 1. The minimum absolute atomic E-state index is 0.0890. The van der Waals surface area contributed by atoms with Crippen molar-refractivity contribution >= 4 is 22.5 Å². The van der Waals surface area contributed by atoms with Gasteiger partial charge in [-0.1, -0.05) is 26.0 Å². The Hall–Kier alpha value is -3.15. The molecular formula is C20H21N3O3. The van der Waals surface area contributed by atoms with Crippen molar-refractivity contribution in [3.05, 3.63) is 65.2 Å². The average Bonchev–Trinajstić information content (AvgIpc) is 2.64. The Morgan fingerprint density at radius 3 is 2.46 bits per heavy atom. The average molecular weight is 351 g/mol. The topological polar surface area (TPSA) is 73.2 Å². The molecule has 0 aliphatic heterocycles. The Kier molecular flexibility index (Phi) is 5.02. The van der Waals surface area contributed by atoms with Crippen molar-refractivity contribution < 1.29 is 9.53 Å². The van der Waals surface area contributed by atoms with Crippen LogP contribution in [-0.2, 0) is 4.79 Å². The number of carbonyl (C=O) groups excluding carboxylic acids is 1. The van der Waals surface area contributed by atoms with Crippen molar-refractivity contribution in [2.75, 3.05) is 12.4 Å². The van der Waals surface area contributed by atoms with E-state index in [0.717, 1.165) is 0 Å². The SMILES string of the molecule is COc1ccc(NC(=O)C(C(C)C)n2cnc3ccccc3c2=O)cc1. The molecule has 134 valence electrons. The molecule has 0 spiro atoms. The third kappa shape index (κ3) is 3.44. The van der Waals surface area contributed by atoms with Gasteiger partial charge in [-0.25, -0.2) is 4.98 Å². The van der Waals surface area contributed by atoms with Crippen LogP contribution in [0.1, 0.15) is 19.9 Å². The molecule has 2 aromatic carbocycles. The number of methoxy groups -OCH3 is 1. The standard InChI is InChI=1S/C20H21N3O3/c1-13(2)18(19(24)22-14-8-10-15(26-3)11-9-14)23-12-21-17-7-5-4-6-16(17)20(23)25/h4-13,18H,1-3H3,(H,22,24). The predicted octanol–water partition coefficient (Wildman–Crippen LogP) is 3.24. The largest absolute Gasteiger partial charge is 0.497 e. The van der Waals surface area contributed by atoms with Crippen LogP contribution in [0.15, 0.2) is 59.7 Å². The van der Waals surface area contributed by atoms with Crippen molar-refractivity contribution in [3.63, 3.8) is 0 Å². The molecule has 0 fully saturated rings. The normalized spacial score (nSPS) is 12.2. The number of rotatable bonds is 5. The number of aromatic nitrogens is 2. The maximum absolute atomic E-state index is 12.9. The van der Waals surface area contributed by atoms with Crippen LogP contribution in [0.25, 0.3) is 10.9 Å². The first-order valence-corrected chi connectivity index (χ1v) is 8.42. The van der Waals surface area contributed by atoms with Crippen LogP contribution in [-0.4, -0.2) is 22.6 Å². The zero-order chi connectivity index (χ0) is 18.7. The molecule has 1 amide bonds. The van der Waals surface area contributed by atoms with E-state index in [1.54, 1.807) is 49.6 Å². The molecule has 3 rings (SSSR count). The number of anilines is 1. The van der Waals surface area contributed by atoms with E-state index in [1.807, 2.05) is 19.9 Å². The molecule has 0 bridgehead atoms. The predicted molar refractivity (Wildman–Crippen MR) is 102 cm³/mol. The third-order valence-corrected chi connectivity index (χ3v) is 4.25. The van der Waals surface area contributed by atoms with Gasteiger partial charge in [-0.2, -0.15) is 0 Å². The van der Waals surface area contributed by atoms with Gasteiger partial charge in [-0.05, 0) is 42.3 Å². The highest BCUT2D eigenvalue weighted by Gasteiger charge is 2.26. The van der Waals surface area contributed by atoms with Crippen molar-refractivity contribution in [1.29, 1.82) is 0 Å². The molecule has 6 heteroatoms. The van der Waals surface area contributed by atoms with E-state index in [2.05, 4.69) is 10.3 Å². The molecule has 1 aromatic heterocycles. The van der Waals surface area contributed by atoms with Crippen LogP contribution in [0.3, 0.4) is 0 Å². The van der Waals surface area contributed by atoms with E-state index in [9.17, 15) is 9.59 Å². The molecule has 0 radical (unpaired) electrons. The Balaban J connectivity index is 1.95. The zero-order valence-corrected chi connectivity index (χ0v) is 15.0. The highest BCUT2D eigenvalue weighted by atomic mass is 16.5. The lowest BCUT2D eigenvalue weighted by atomic mass is 10.0. The Morgan fingerprint density at radius 1 is 1.12 bits per heavy atom.